The molecule has 0 unspecified atom stereocenters. The van der Waals surface area contributed by atoms with Crippen LogP contribution in [0.15, 0.2) is 18.2 Å². The van der Waals surface area contributed by atoms with Gasteiger partial charge in [0.15, 0.2) is 0 Å². The van der Waals surface area contributed by atoms with E-state index < -0.39 is 11.7 Å². The van der Waals surface area contributed by atoms with Gasteiger partial charge in [0.2, 0.25) is 0 Å². The molecule has 0 aliphatic heterocycles. The number of halogens is 4. The molecule has 1 rings (SSSR count). The quantitative estimate of drug-likeness (QED) is 0.908. The first-order valence-corrected chi connectivity index (χ1v) is 4.82. The Morgan fingerprint density at radius 3 is 2.29 bits per heavy atom. The Kier molecular flexibility index (Phi) is 5.78. The van der Waals surface area contributed by atoms with Crippen LogP contribution in [0.5, 0.6) is 5.75 Å². The zero-order chi connectivity index (χ0) is 12.3. The van der Waals surface area contributed by atoms with E-state index in [0.717, 1.165) is 12.1 Å². The van der Waals surface area contributed by atoms with Gasteiger partial charge in [-0.2, -0.15) is 13.2 Å². The summed E-state index contributed by atoms with van der Waals surface area (Å²) in [6, 6.07) is 3.45. The molecule has 0 spiro atoms. The van der Waals surface area contributed by atoms with E-state index >= 15 is 0 Å². The fourth-order valence-corrected chi connectivity index (χ4v) is 1.40. The van der Waals surface area contributed by atoms with Crippen molar-refractivity contribution in [1.82, 2.24) is 5.32 Å². The highest BCUT2D eigenvalue weighted by Gasteiger charge is 2.31. The van der Waals surface area contributed by atoms with Crippen molar-refractivity contribution in [2.24, 2.45) is 0 Å². The third-order valence-electron chi connectivity index (χ3n) is 2.46. The maximum Gasteiger partial charge on any atom is 0.416 e. The lowest BCUT2D eigenvalue weighted by atomic mass is 10.0. The molecule has 17 heavy (non-hydrogen) atoms. The molecule has 0 amide bonds. The summed E-state index contributed by atoms with van der Waals surface area (Å²) in [6.45, 7) is 1.85. The molecule has 1 aromatic rings. The Balaban J connectivity index is 0.00000256. The SMILES string of the molecule is CN[C@H](C)c1ccc(C(F)(F)F)cc1OC.Cl. The smallest absolute Gasteiger partial charge is 0.416 e. The van der Waals surface area contributed by atoms with Crippen molar-refractivity contribution in [3.63, 3.8) is 0 Å². The molecule has 0 aliphatic rings. The van der Waals surface area contributed by atoms with E-state index in [1.165, 1.54) is 13.2 Å². The maximum absolute atomic E-state index is 12.4. The number of alkyl halides is 3. The van der Waals surface area contributed by atoms with Gasteiger partial charge in [0.1, 0.15) is 5.75 Å². The van der Waals surface area contributed by atoms with Gasteiger partial charge in [-0.25, -0.2) is 0 Å². The Bertz CT molecular complexity index is 368. The molecule has 0 fully saturated rings. The van der Waals surface area contributed by atoms with E-state index in [1.807, 2.05) is 6.92 Å². The lowest BCUT2D eigenvalue weighted by molar-refractivity contribution is -0.137. The molecule has 0 bridgehead atoms. The summed E-state index contributed by atoms with van der Waals surface area (Å²) in [5.41, 5.74) is 0.00871. The van der Waals surface area contributed by atoms with Crippen molar-refractivity contribution in [3.8, 4) is 5.75 Å². The molecular formula is C11H15ClF3NO. The summed E-state index contributed by atoms with van der Waals surface area (Å²) < 4.78 is 42.3. The van der Waals surface area contributed by atoms with Crippen molar-refractivity contribution >= 4 is 12.4 Å². The molecule has 6 heteroatoms. The van der Waals surface area contributed by atoms with Crippen LogP contribution in [-0.4, -0.2) is 14.2 Å². The molecule has 0 aromatic heterocycles. The fourth-order valence-electron chi connectivity index (χ4n) is 1.40. The van der Waals surface area contributed by atoms with Crippen LogP contribution in [0.4, 0.5) is 13.2 Å². The number of methoxy groups -OCH3 is 1. The standard InChI is InChI=1S/C11H14F3NO.ClH/c1-7(15-2)9-5-4-8(11(12,13)14)6-10(9)16-3;/h4-7,15H,1-3H3;1H/t7-;/m1./s1. The van der Waals surface area contributed by atoms with Crippen LogP contribution in [0.2, 0.25) is 0 Å². The molecule has 0 aliphatic carbocycles. The summed E-state index contributed by atoms with van der Waals surface area (Å²) in [6.07, 6.45) is -4.34. The monoisotopic (exact) mass is 269 g/mol. The minimum Gasteiger partial charge on any atom is -0.496 e. The van der Waals surface area contributed by atoms with Gasteiger partial charge in [0.05, 0.1) is 12.7 Å². The Morgan fingerprint density at radius 2 is 1.88 bits per heavy atom. The summed E-state index contributed by atoms with van der Waals surface area (Å²) in [4.78, 5) is 0. The maximum atomic E-state index is 12.4. The molecule has 98 valence electrons. The molecule has 0 heterocycles. The third-order valence-corrected chi connectivity index (χ3v) is 2.46. The largest absolute Gasteiger partial charge is 0.496 e. The Hall–Kier alpha value is -0.940. The topological polar surface area (TPSA) is 21.3 Å². The number of hydrogen-bond acceptors (Lipinski definition) is 2. The van der Waals surface area contributed by atoms with Crippen molar-refractivity contribution in [2.45, 2.75) is 19.1 Å². The molecule has 1 N–H and O–H groups in total. The first kappa shape index (κ1) is 16.1. The summed E-state index contributed by atoms with van der Waals surface area (Å²) >= 11 is 0. The number of hydrogen-bond donors (Lipinski definition) is 1. The molecule has 0 saturated heterocycles. The van der Waals surface area contributed by atoms with Gasteiger partial charge in [-0.15, -0.1) is 12.4 Å². The average Bonchev–Trinajstić information content (AvgIpc) is 2.26. The lowest BCUT2D eigenvalue weighted by Crippen LogP contribution is -2.14. The van der Waals surface area contributed by atoms with Crippen molar-refractivity contribution < 1.29 is 17.9 Å². The minimum atomic E-state index is -4.34. The van der Waals surface area contributed by atoms with Crippen LogP contribution < -0.4 is 10.1 Å². The van der Waals surface area contributed by atoms with Crippen molar-refractivity contribution in [3.05, 3.63) is 29.3 Å². The Labute approximate surface area is 105 Å². The highest BCUT2D eigenvalue weighted by Crippen LogP contribution is 2.34. The molecule has 1 aromatic carbocycles. The summed E-state index contributed by atoms with van der Waals surface area (Å²) in [5, 5.41) is 2.95. The highest BCUT2D eigenvalue weighted by molar-refractivity contribution is 5.85. The zero-order valence-corrected chi connectivity index (χ0v) is 10.6. The second kappa shape index (κ2) is 6.12. The number of nitrogens with one attached hydrogen (secondary N) is 1. The van der Waals surface area contributed by atoms with Gasteiger partial charge in [-0.3, -0.25) is 0 Å². The third kappa shape index (κ3) is 3.78. The summed E-state index contributed by atoms with van der Waals surface area (Å²) in [7, 11) is 3.10. The highest BCUT2D eigenvalue weighted by atomic mass is 35.5. The molecule has 1 atom stereocenters. The second-order valence-electron chi connectivity index (χ2n) is 3.46. The molecule has 2 nitrogen and oxygen atoms in total. The van der Waals surface area contributed by atoms with E-state index in [4.69, 9.17) is 4.74 Å². The Morgan fingerprint density at radius 1 is 1.29 bits per heavy atom. The van der Waals surface area contributed by atoms with Gasteiger partial charge in [0, 0.05) is 11.6 Å². The van der Waals surface area contributed by atoms with E-state index in [9.17, 15) is 13.2 Å². The van der Waals surface area contributed by atoms with Crippen LogP contribution in [0.1, 0.15) is 24.1 Å². The van der Waals surface area contributed by atoms with Crippen LogP contribution in [0, 0.1) is 0 Å². The average molecular weight is 270 g/mol. The minimum absolute atomic E-state index is 0. The van der Waals surface area contributed by atoms with E-state index in [2.05, 4.69) is 5.32 Å². The summed E-state index contributed by atoms with van der Waals surface area (Å²) in [5.74, 6) is 0.247. The normalized spacial score (nSPS) is 12.8. The lowest BCUT2D eigenvalue weighted by Gasteiger charge is -2.16. The number of ether oxygens (including phenoxy) is 1. The van der Waals surface area contributed by atoms with Gasteiger partial charge >= 0.3 is 6.18 Å². The van der Waals surface area contributed by atoms with Crippen LogP contribution in [0.3, 0.4) is 0 Å². The van der Waals surface area contributed by atoms with Crippen molar-refractivity contribution in [2.75, 3.05) is 14.2 Å². The fraction of sp³-hybridized carbons (Fsp3) is 0.455. The van der Waals surface area contributed by atoms with E-state index in [0.29, 0.717) is 5.56 Å². The molecular weight excluding hydrogens is 255 g/mol. The van der Waals surface area contributed by atoms with Crippen LogP contribution >= 0.6 is 12.4 Å². The molecule has 0 radical (unpaired) electrons. The van der Waals surface area contributed by atoms with Gasteiger partial charge in [-0.1, -0.05) is 6.07 Å². The number of rotatable bonds is 3. The second-order valence-corrected chi connectivity index (χ2v) is 3.46. The predicted molar refractivity (Wildman–Crippen MR) is 62.7 cm³/mol. The van der Waals surface area contributed by atoms with Gasteiger partial charge in [0.25, 0.3) is 0 Å². The van der Waals surface area contributed by atoms with E-state index in [1.54, 1.807) is 7.05 Å². The first-order chi connectivity index (χ1) is 7.40. The predicted octanol–water partition coefficient (Wildman–Crippen LogP) is 3.42. The number of benzene rings is 1. The van der Waals surface area contributed by atoms with E-state index in [-0.39, 0.29) is 24.2 Å². The first-order valence-electron chi connectivity index (χ1n) is 4.82. The van der Waals surface area contributed by atoms with Crippen LogP contribution in [0.25, 0.3) is 0 Å². The van der Waals surface area contributed by atoms with Crippen LogP contribution in [-0.2, 0) is 6.18 Å². The van der Waals surface area contributed by atoms with Crippen molar-refractivity contribution in [1.29, 1.82) is 0 Å². The molecule has 0 saturated carbocycles. The van der Waals surface area contributed by atoms with Gasteiger partial charge < -0.3 is 10.1 Å². The zero-order valence-electron chi connectivity index (χ0n) is 9.76. The van der Waals surface area contributed by atoms with Gasteiger partial charge in [-0.05, 0) is 26.1 Å².